The summed E-state index contributed by atoms with van der Waals surface area (Å²) in [6.45, 7) is 3.81. The van der Waals surface area contributed by atoms with Crippen molar-refractivity contribution in [1.29, 1.82) is 0 Å². The number of nitrogens with one attached hydrogen (secondary N) is 1. The van der Waals surface area contributed by atoms with Gasteiger partial charge in [0.2, 0.25) is 5.88 Å². The van der Waals surface area contributed by atoms with Gasteiger partial charge in [0.05, 0.1) is 41.1 Å². The van der Waals surface area contributed by atoms with Crippen molar-refractivity contribution in [3.05, 3.63) is 61.2 Å². The summed E-state index contributed by atoms with van der Waals surface area (Å²) >= 11 is 19.1. The molecule has 0 saturated heterocycles. The van der Waals surface area contributed by atoms with Crippen LogP contribution in [0.1, 0.15) is 30.5 Å². The second-order valence-corrected chi connectivity index (χ2v) is 9.81. The Morgan fingerprint density at radius 2 is 1.94 bits per heavy atom. The summed E-state index contributed by atoms with van der Waals surface area (Å²) < 4.78 is 6.43. The quantitative estimate of drug-likeness (QED) is 0.340. The van der Waals surface area contributed by atoms with Gasteiger partial charge in [-0.05, 0) is 44.4 Å². The fourth-order valence-electron chi connectivity index (χ4n) is 3.89. The summed E-state index contributed by atoms with van der Waals surface area (Å²) in [4.78, 5) is 35.5. The van der Waals surface area contributed by atoms with Gasteiger partial charge in [0.15, 0.2) is 5.82 Å². The average molecular weight is 553 g/mol. The first-order valence-electron chi connectivity index (χ1n) is 11.2. The maximum absolute atomic E-state index is 13.6. The van der Waals surface area contributed by atoms with Crippen molar-refractivity contribution in [2.45, 2.75) is 33.1 Å². The van der Waals surface area contributed by atoms with Gasteiger partial charge in [0.25, 0.3) is 5.56 Å². The molecule has 4 rings (SSSR count). The third kappa shape index (κ3) is 5.53. The number of hydrogen-bond acceptors (Lipinski definition) is 6. The highest BCUT2D eigenvalue weighted by molar-refractivity contribution is 6.36. The van der Waals surface area contributed by atoms with Crippen molar-refractivity contribution in [2.24, 2.45) is 5.92 Å². The molecule has 0 atom stereocenters. The first-order valence-corrected chi connectivity index (χ1v) is 12.3. The highest BCUT2D eigenvalue weighted by Gasteiger charge is 2.27. The zero-order chi connectivity index (χ0) is 26.1. The number of hydrogen-bond donors (Lipinski definition) is 2. The number of rotatable bonds is 8. The summed E-state index contributed by atoms with van der Waals surface area (Å²) in [6.07, 6.45) is 2.95. The molecule has 0 radical (unpaired) electrons. The topological polar surface area (TPSA) is 110 Å². The number of nitrogens with zero attached hydrogens (tertiary/aromatic N) is 4. The summed E-state index contributed by atoms with van der Waals surface area (Å²) in [5.74, 6) is 0.865. The standard InChI is InChI=1S/C24H24Cl3N5O4/c1-12-8-17(13(2)28-22(12)36-3)29-21-23(33)32(11-19(27)30-21)20-16(26)9-15(25)10-18(20)31(24(34)35)7-6-14-4-5-14/h8-11,14H,4-7H2,1-3H3,(H,29,30)(H,34,35). The number of pyridine rings is 1. The van der Waals surface area contributed by atoms with Crippen LogP contribution in [0.5, 0.6) is 5.88 Å². The van der Waals surface area contributed by atoms with E-state index < -0.39 is 11.7 Å². The maximum atomic E-state index is 13.6. The normalized spacial score (nSPS) is 12.9. The number of aryl methyl sites for hydroxylation is 2. The van der Waals surface area contributed by atoms with E-state index in [0.29, 0.717) is 29.6 Å². The number of anilines is 3. The number of carboxylic acid groups (broad SMARTS) is 1. The molecule has 2 N–H and O–H groups in total. The average Bonchev–Trinajstić information content (AvgIpc) is 3.62. The van der Waals surface area contributed by atoms with Gasteiger partial charge in [-0.1, -0.05) is 47.6 Å². The molecule has 1 aliphatic carbocycles. The van der Waals surface area contributed by atoms with Gasteiger partial charge in [0.1, 0.15) is 5.15 Å². The zero-order valence-corrected chi connectivity index (χ0v) is 22.1. The van der Waals surface area contributed by atoms with Crippen LogP contribution in [0.3, 0.4) is 0 Å². The van der Waals surface area contributed by atoms with E-state index in [1.807, 2.05) is 6.92 Å². The number of methoxy groups -OCH3 is 1. The van der Waals surface area contributed by atoms with Gasteiger partial charge in [0, 0.05) is 17.1 Å². The van der Waals surface area contributed by atoms with Crippen LogP contribution in [0.2, 0.25) is 15.2 Å². The summed E-state index contributed by atoms with van der Waals surface area (Å²) in [5, 5.41) is 13.3. The van der Waals surface area contributed by atoms with E-state index in [1.54, 1.807) is 13.0 Å². The Balaban J connectivity index is 1.83. The fourth-order valence-corrected chi connectivity index (χ4v) is 4.64. The minimum atomic E-state index is -1.18. The van der Waals surface area contributed by atoms with Crippen LogP contribution in [-0.4, -0.2) is 39.4 Å². The van der Waals surface area contributed by atoms with Crippen LogP contribution in [0, 0.1) is 19.8 Å². The Hall–Kier alpha value is -3.01. The first-order chi connectivity index (χ1) is 17.1. The molecule has 9 nitrogen and oxygen atoms in total. The van der Waals surface area contributed by atoms with E-state index in [2.05, 4.69) is 15.3 Å². The Labute approximate surface area is 222 Å². The monoisotopic (exact) mass is 551 g/mol. The fraction of sp³-hybridized carbons (Fsp3) is 0.333. The lowest BCUT2D eigenvalue weighted by Crippen LogP contribution is -2.33. The van der Waals surface area contributed by atoms with E-state index in [4.69, 9.17) is 39.5 Å². The van der Waals surface area contributed by atoms with E-state index in [1.165, 1.54) is 30.0 Å². The molecule has 36 heavy (non-hydrogen) atoms. The van der Waals surface area contributed by atoms with Crippen LogP contribution in [0.4, 0.5) is 22.0 Å². The molecule has 12 heteroatoms. The molecule has 0 bridgehead atoms. The van der Waals surface area contributed by atoms with Gasteiger partial charge in [-0.3, -0.25) is 14.3 Å². The highest BCUT2D eigenvalue weighted by Crippen LogP contribution is 2.37. The van der Waals surface area contributed by atoms with Crippen molar-refractivity contribution in [3.8, 4) is 11.6 Å². The summed E-state index contributed by atoms with van der Waals surface area (Å²) in [5.41, 5.74) is 1.58. The van der Waals surface area contributed by atoms with Crippen LogP contribution < -0.4 is 20.5 Å². The van der Waals surface area contributed by atoms with Crippen LogP contribution >= 0.6 is 34.8 Å². The molecule has 2 aromatic heterocycles. The van der Waals surface area contributed by atoms with Gasteiger partial charge >= 0.3 is 6.09 Å². The van der Waals surface area contributed by atoms with Crippen molar-refractivity contribution in [1.82, 2.24) is 14.5 Å². The molecule has 190 valence electrons. The molecular formula is C24H24Cl3N5O4. The molecule has 1 saturated carbocycles. The molecule has 0 unspecified atom stereocenters. The lowest BCUT2D eigenvalue weighted by atomic mass is 10.2. The van der Waals surface area contributed by atoms with Crippen LogP contribution in [0.25, 0.3) is 5.69 Å². The van der Waals surface area contributed by atoms with E-state index in [-0.39, 0.29) is 38.9 Å². The lowest BCUT2D eigenvalue weighted by Gasteiger charge is -2.24. The summed E-state index contributed by atoms with van der Waals surface area (Å²) in [6, 6.07) is 4.69. The number of amides is 1. The lowest BCUT2D eigenvalue weighted by molar-refractivity contribution is 0.201. The van der Waals surface area contributed by atoms with E-state index in [0.717, 1.165) is 23.3 Å². The number of benzene rings is 1. The molecule has 1 aromatic carbocycles. The summed E-state index contributed by atoms with van der Waals surface area (Å²) in [7, 11) is 1.53. The predicted octanol–water partition coefficient (Wildman–Crippen LogP) is 6.24. The Morgan fingerprint density at radius 3 is 2.58 bits per heavy atom. The Kier molecular flexibility index (Phi) is 7.63. The van der Waals surface area contributed by atoms with E-state index in [9.17, 15) is 14.7 Å². The molecule has 2 heterocycles. The molecule has 1 fully saturated rings. The van der Waals surface area contributed by atoms with Gasteiger partial charge in [-0.25, -0.2) is 14.8 Å². The predicted molar refractivity (Wildman–Crippen MR) is 141 cm³/mol. The van der Waals surface area contributed by atoms with Crippen LogP contribution in [0.15, 0.2) is 29.2 Å². The largest absolute Gasteiger partial charge is 0.481 e. The molecule has 1 aliphatic rings. The second kappa shape index (κ2) is 10.5. The Morgan fingerprint density at radius 1 is 1.22 bits per heavy atom. The zero-order valence-electron chi connectivity index (χ0n) is 19.8. The van der Waals surface area contributed by atoms with Crippen molar-refractivity contribution in [3.63, 3.8) is 0 Å². The van der Waals surface area contributed by atoms with Gasteiger partial charge in [-0.15, -0.1) is 0 Å². The molecule has 1 amide bonds. The molecule has 3 aromatic rings. The Bertz CT molecular complexity index is 1390. The molecule has 0 spiro atoms. The van der Waals surface area contributed by atoms with Crippen LogP contribution in [-0.2, 0) is 0 Å². The van der Waals surface area contributed by atoms with Crippen molar-refractivity contribution < 1.29 is 14.6 Å². The van der Waals surface area contributed by atoms with Crippen molar-refractivity contribution in [2.75, 3.05) is 23.9 Å². The van der Waals surface area contributed by atoms with Gasteiger partial charge < -0.3 is 15.2 Å². The van der Waals surface area contributed by atoms with Gasteiger partial charge in [-0.2, -0.15) is 0 Å². The molecular weight excluding hydrogens is 529 g/mol. The van der Waals surface area contributed by atoms with Crippen molar-refractivity contribution >= 4 is 58.1 Å². The number of carbonyl (C=O) groups is 1. The third-order valence-corrected chi connectivity index (χ3v) is 6.60. The minimum Gasteiger partial charge on any atom is -0.481 e. The second-order valence-electron chi connectivity index (χ2n) is 8.58. The number of halogens is 3. The minimum absolute atomic E-state index is 0.00947. The number of ether oxygens (including phenoxy) is 1. The molecule has 0 aliphatic heterocycles. The SMILES string of the molecule is COc1nc(C)c(Nc2nc(Cl)cn(-c3c(Cl)cc(Cl)cc3N(CCC3CC3)C(=O)O)c2=O)cc1C. The smallest absolute Gasteiger partial charge is 0.411 e. The number of aromatic nitrogens is 3. The van der Waals surface area contributed by atoms with E-state index >= 15 is 0 Å². The first kappa shape index (κ1) is 26.1. The third-order valence-electron chi connectivity index (χ3n) is 5.91. The maximum Gasteiger partial charge on any atom is 0.411 e. The highest BCUT2D eigenvalue weighted by atomic mass is 35.5.